The molecule has 9 heteroatoms. The molecule has 0 spiro atoms. The lowest BCUT2D eigenvalue weighted by Crippen LogP contribution is -2.42. The van der Waals surface area contributed by atoms with Crippen LogP contribution in [0.2, 0.25) is 0 Å². The van der Waals surface area contributed by atoms with E-state index in [1.54, 1.807) is 14.2 Å². The van der Waals surface area contributed by atoms with E-state index < -0.39 is 10.0 Å². The first-order chi connectivity index (χ1) is 9.39. The first-order valence-electron chi connectivity index (χ1n) is 6.46. The summed E-state index contributed by atoms with van der Waals surface area (Å²) in [7, 11) is -0.554. The summed E-state index contributed by atoms with van der Waals surface area (Å²) in [6.07, 6.45) is 1.48. The Morgan fingerprint density at radius 3 is 2.40 bits per heavy atom. The van der Waals surface area contributed by atoms with Crippen LogP contribution in [0.1, 0.15) is 26.7 Å². The van der Waals surface area contributed by atoms with Crippen LogP contribution < -0.4 is 0 Å². The molecule has 0 amide bonds. The highest BCUT2D eigenvalue weighted by Crippen LogP contribution is 2.25. The molecular formula is C11H21BrN4O3S. The number of hydrogen-bond donors (Lipinski definition) is 0. The van der Waals surface area contributed by atoms with Crippen molar-refractivity contribution >= 4 is 26.0 Å². The van der Waals surface area contributed by atoms with Crippen LogP contribution in [0.25, 0.3) is 0 Å². The summed E-state index contributed by atoms with van der Waals surface area (Å²) in [6.45, 7) is 4.60. The highest BCUT2D eigenvalue weighted by molar-refractivity contribution is 9.10. The number of nitrogens with zero attached hydrogens (tertiary/aromatic N) is 4. The smallest absolute Gasteiger partial charge is 0.263 e. The van der Waals surface area contributed by atoms with E-state index in [0.29, 0.717) is 13.2 Å². The molecule has 20 heavy (non-hydrogen) atoms. The van der Waals surface area contributed by atoms with E-state index >= 15 is 0 Å². The van der Waals surface area contributed by atoms with Crippen molar-refractivity contribution in [1.29, 1.82) is 0 Å². The zero-order chi connectivity index (χ0) is 15.3. The predicted octanol–water partition coefficient (Wildman–Crippen LogP) is 1.40. The molecule has 7 nitrogen and oxygen atoms in total. The third-order valence-electron chi connectivity index (χ3n) is 3.16. The van der Waals surface area contributed by atoms with E-state index in [0.717, 1.165) is 12.8 Å². The summed E-state index contributed by atoms with van der Waals surface area (Å²) in [4.78, 5) is 0. The van der Waals surface area contributed by atoms with E-state index in [1.165, 1.54) is 8.99 Å². The summed E-state index contributed by atoms with van der Waals surface area (Å²) in [5.41, 5.74) is 0. The van der Waals surface area contributed by atoms with Crippen LogP contribution in [0.15, 0.2) is 9.63 Å². The van der Waals surface area contributed by atoms with Crippen molar-refractivity contribution in [2.45, 2.75) is 37.8 Å². The van der Waals surface area contributed by atoms with E-state index in [9.17, 15) is 8.42 Å². The van der Waals surface area contributed by atoms with Crippen LogP contribution in [0, 0.1) is 0 Å². The van der Waals surface area contributed by atoms with Crippen molar-refractivity contribution in [2.75, 3.05) is 20.3 Å². The summed E-state index contributed by atoms with van der Waals surface area (Å²) in [5, 5.41) is 7.56. The van der Waals surface area contributed by atoms with Gasteiger partial charge in [0.2, 0.25) is 5.03 Å². The molecule has 0 aromatic carbocycles. The highest BCUT2D eigenvalue weighted by atomic mass is 79.9. The molecule has 0 N–H and O–H groups in total. The van der Waals surface area contributed by atoms with E-state index in [-0.39, 0.29) is 15.7 Å². The fraction of sp³-hybridized carbons (Fsp3) is 0.818. The van der Waals surface area contributed by atoms with Gasteiger partial charge in [-0.2, -0.15) is 4.31 Å². The topological polar surface area (TPSA) is 77.3 Å². The fourth-order valence-electron chi connectivity index (χ4n) is 2.08. The highest BCUT2D eigenvalue weighted by Gasteiger charge is 2.34. The van der Waals surface area contributed by atoms with Crippen LogP contribution in [-0.2, 0) is 21.8 Å². The number of sulfonamides is 1. The monoisotopic (exact) mass is 368 g/mol. The molecule has 0 atom stereocenters. The van der Waals surface area contributed by atoms with E-state index in [2.05, 4.69) is 26.2 Å². The third kappa shape index (κ3) is 3.57. The Labute approximate surface area is 128 Å². The second-order valence-electron chi connectivity index (χ2n) is 4.39. The van der Waals surface area contributed by atoms with E-state index in [1.807, 2.05) is 13.8 Å². The average molecular weight is 369 g/mol. The van der Waals surface area contributed by atoms with Gasteiger partial charge in [-0.3, -0.25) is 0 Å². The van der Waals surface area contributed by atoms with Gasteiger partial charge in [-0.05, 0) is 28.8 Å². The SMILES string of the molecule is CCC(CC)N(CCOC)S(=O)(=O)c1c(Br)nnn1C. The lowest BCUT2D eigenvalue weighted by molar-refractivity contribution is 0.163. The van der Waals surface area contributed by atoms with Gasteiger partial charge >= 0.3 is 0 Å². The summed E-state index contributed by atoms with van der Waals surface area (Å²) in [6, 6.07) is -0.0723. The van der Waals surface area contributed by atoms with Gasteiger partial charge in [0.15, 0.2) is 4.60 Å². The van der Waals surface area contributed by atoms with Gasteiger partial charge in [0.05, 0.1) is 6.61 Å². The molecule has 0 fully saturated rings. The summed E-state index contributed by atoms with van der Waals surface area (Å²) >= 11 is 3.15. The predicted molar refractivity (Wildman–Crippen MR) is 78.8 cm³/mol. The number of aryl methyl sites for hydroxylation is 1. The van der Waals surface area contributed by atoms with Crippen molar-refractivity contribution in [2.24, 2.45) is 7.05 Å². The lowest BCUT2D eigenvalue weighted by atomic mass is 10.2. The molecule has 1 aromatic heterocycles. The molecule has 1 rings (SSSR count). The Kier molecular flexibility index (Phi) is 6.56. The van der Waals surface area contributed by atoms with Gasteiger partial charge in [0.25, 0.3) is 10.0 Å². The van der Waals surface area contributed by atoms with Crippen molar-refractivity contribution in [3.63, 3.8) is 0 Å². The fourth-order valence-corrected chi connectivity index (χ4v) is 4.88. The van der Waals surface area contributed by atoms with Gasteiger partial charge < -0.3 is 4.74 Å². The first-order valence-corrected chi connectivity index (χ1v) is 8.69. The van der Waals surface area contributed by atoms with Gasteiger partial charge in [-0.1, -0.05) is 19.1 Å². The van der Waals surface area contributed by atoms with Gasteiger partial charge in [-0.15, -0.1) is 5.10 Å². The quantitative estimate of drug-likeness (QED) is 0.692. The zero-order valence-corrected chi connectivity index (χ0v) is 14.6. The number of aromatic nitrogens is 3. The number of ether oxygens (including phenoxy) is 1. The molecule has 0 aliphatic rings. The summed E-state index contributed by atoms with van der Waals surface area (Å²) < 4.78 is 33.7. The zero-order valence-electron chi connectivity index (χ0n) is 12.2. The van der Waals surface area contributed by atoms with Gasteiger partial charge in [0, 0.05) is 26.7 Å². The van der Waals surface area contributed by atoms with Crippen LogP contribution >= 0.6 is 15.9 Å². The van der Waals surface area contributed by atoms with Crippen LogP contribution in [-0.4, -0.2) is 54.0 Å². The Morgan fingerprint density at radius 2 is 2.00 bits per heavy atom. The number of halogens is 1. The molecule has 0 bridgehead atoms. The van der Waals surface area contributed by atoms with Crippen LogP contribution in [0.4, 0.5) is 0 Å². The number of rotatable bonds is 8. The molecule has 0 aliphatic heterocycles. The van der Waals surface area contributed by atoms with Crippen LogP contribution in [0.3, 0.4) is 0 Å². The maximum atomic E-state index is 12.8. The van der Waals surface area contributed by atoms with Crippen molar-refractivity contribution < 1.29 is 13.2 Å². The van der Waals surface area contributed by atoms with Gasteiger partial charge in [0.1, 0.15) is 0 Å². The van der Waals surface area contributed by atoms with Gasteiger partial charge in [-0.25, -0.2) is 13.1 Å². The van der Waals surface area contributed by atoms with Crippen molar-refractivity contribution in [1.82, 2.24) is 19.3 Å². The normalized spacial score (nSPS) is 12.6. The molecular weight excluding hydrogens is 348 g/mol. The number of methoxy groups -OCH3 is 1. The maximum absolute atomic E-state index is 12.8. The second kappa shape index (κ2) is 7.48. The van der Waals surface area contributed by atoms with Crippen LogP contribution in [0.5, 0.6) is 0 Å². The number of hydrogen-bond acceptors (Lipinski definition) is 5. The second-order valence-corrected chi connectivity index (χ2v) is 6.94. The molecule has 0 saturated heterocycles. The Balaban J connectivity index is 3.23. The van der Waals surface area contributed by atoms with E-state index in [4.69, 9.17) is 4.74 Å². The maximum Gasteiger partial charge on any atom is 0.263 e. The first kappa shape index (κ1) is 17.5. The Bertz CT molecular complexity index is 508. The minimum absolute atomic E-state index is 0.0699. The molecule has 0 unspecified atom stereocenters. The molecule has 1 heterocycles. The standard InChI is InChI=1S/C11H21BrN4O3S/c1-5-9(6-2)16(7-8-19-4)20(17,18)11-10(12)13-14-15(11)3/h9H,5-8H2,1-4H3. The molecule has 0 radical (unpaired) electrons. The Morgan fingerprint density at radius 1 is 1.40 bits per heavy atom. The minimum Gasteiger partial charge on any atom is -0.383 e. The lowest BCUT2D eigenvalue weighted by Gasteiger charge is -2.29. The largest absolute Gasteiger partial charge is 0.383 e. The van der Waals surface area contributed by atoms with Crippen molar-refractivity contribution in [3.05, 3.63) is 4.60 Å². The Hall–Kier alpha value is -0.510. The molecule has 0 aliphatic carbocycles. The minimum atomic E-state index is -3.67. The molecule has 116 valence electrons. The summed E-state index contributed by atoms with van der Waals surface area (Å²) in [5.74, 6) is 0. The average Bonchev–Trinajstić information content (AvgIpc) is 2.74. The third-order valence-corrected chi connectivity index (χ3v) is 6.00. The molecule has 1 aromatic rings. The molecule has 0 saturated carbocycles. The van der Waals surface area contributed by atoms with Crippen molar-refractivity contribution in [3.8, 4) is 0 Å².